The minimum Gasteiger partial charge on any atom is -0.477 e. The fourth-order valence-corrected chi connectivity index (χ4v) is 6.30. The Kier molecular flexibility index (Phi) is 7.04. The van der Waals surface area contributed by atoms with E-state index in [-0.39, 0.29) is 24.0 Å². The number of hydrogen-bond donors (Lipinski definition) is 1. The van der Waals surface area contributed by atoms with Crippen molar-refractivity contribution >= 4 is 27.6 Å². The van der Waals surface area contributed by atoms with E-state index in [4.69, 9.17) is 19.2 Å². The molecule has 3 saturated heterocycles. The first-order chi connectivity index (χ1) is 20.0. The van der Waals surface area contributed by atoms with Crippen molar-refractivity contribution in [2.24, 2.45) is 5.92 Å². The molecule has 2 atom stereocenters. The van der Waals surface area contributed by atoms with Crippen LogP contribution in [0.4, 0.5) is 8.78 Å². The zero-order valence-electron chi connectivity index (χ0n) is 22.7. The van der Waals surface area contributed by atoms with Gasteiger partial charge in [-0.05, 0) is 67.3 Å². The van der Waals surface area contributed by atoms with E-state index in [0.717, 1.165) is 71.1 Å². The van der Waals surface area contributed by atoms with Gasteiger partial charge in [0.05, 0.1) is 24.0 Å². The number of amides is 1. The summed E-state index contributed by atoms with van der Waals surface area (Å²) < 4.78 is 48.6. The molecule has 3 aliphatic heterocycles. The summed E-state index contributed by atoms with van der Waals surface area (Å²) in [5, 5.41) is 10.1. The second kappa shape index (κ2) is 11.0. The Bertz CT molecular complexity index is 1610. The maximum absolute atomic E-state index is 14.6. The molecule has 4 aromatic rings. The molecule has 0 radical (unpaired) electrons. The predicted molar refractivity (Wildman–Crippen MR) is 149 cm³/mol. The van der Waals surface area contributed by atoms with Crippen molar-refractivity contribution in [3.8, 4) is 17.0 Å². The number of fused-ring (bicyclic) bond motifs is 2. The van der Waals surface area contributed by atoms with Gasteiger partial charge in [0.25, 0.3) is 0 Å². The van der Waals surface area contributed by atoms with Gasteiger partial charge in [0.1, 0.15) is 0 Å². The van der Waals surface area contributed by atoms with Crippen LogP contribution >= 0.6 is 0 Å². The smallest absolute Gasteiger partial charge is 0.221 e. The van der Waals surface area contributed by atoms with Crippen LogP contribution in [0.2, 0.25) is 0 Å². The van der Waals surface area contributed by atoms with Crippen LogP contribution in [0.15, 0.2) is 36.5 Å². The van der Waals surface area contributed by atoms with Crippen molar-refractivity contribution in [3.63, 3.8) is 0 Å². The summed E-state index contributed by atoms with van der Waals surface area (Å²) in [6.45, 7) is 2.79. The molecular weight excluding hydrogens is 530 g/mol. The van der Waals surface area contributed by atoms with Crippen LogP contribution in [0.5, 0.6) is 5.88 Å². The number of rotatable bonds is 6. The monoisotopic (exact) mass is 562 g/mol. The highest BCUT2D eigenvalue weighted by atomic mass is 19.2. The molecule has 5 heterocycles. The van der Waals surface area contributed by atoms with Crippen molar-refractivity contribution < 1.29 is 27.8 Å². The molecule has 8 nitrogen and oxygen atoms in total. The maximum atomic E-state index is 14.6. The molecule has 1 N–H and O–H groups in total. The number of halogens is 2. The lowest BCUT2D eigenvalue weighted by Gasteiger charge is -2.26. The van der Waals surface area contributed by atoms with Gasteiger partial charge in [0.15, 0.2) is 17.9 Å². The Morgan fingerprint density at radius 1 is 1.02 bits per heavy atom. The minimum absolute atomic E-state index is 0.0195. The maximum Gasteiger partial charge on any atom is 0.221 e. The highest BCUT2D eigenvalue weighted by molar-refractivity contribution is 6.07. The van der Waals surface area contributed by atoms with Crippen molar-refractivity contribution in [2.45, 2.75) is 50.7 Å². The van der Waals surface area contributed by atoms with E-state index in [1.807, 2.05) is 23.0 Å². The van der Waals surface area contributed by atoms with Crippen LogP contribution in [-0.4, -0.2) is 53.6 Å². The number of aromatic nitrogens is 3. The van der Waals surface area contributed by atoms with Crippen LogP contribution in [0, 0.1) is 17.6 Å². The summed E-state index contributed by atoms with van der Waals surface area (Å²) >= 11 is 0. The molecule has 41 heavy (non-hydrogen) atoms. The predicted octanol–water partition coefficient (Wildman–Crippen LogP) is 5.64. The first-order valence-electron chi connectivity index (χ1n) is 14.4. The molecule has 0 aliphatic carbocycles. The summed E-state index contributed by atoms with van der Waals surface area (Å²) in [5.41, 5.74) is 3.00. The van der Waals surface area contributed by atoms with Gasteiger partial charge < -0.3 is 19.5 Å². The number of carbonyl (C=O) groups excluding carboxylic acids is 1. The van der Waals surface area contributed by atoms with Crippen molar-refractivity contribution in [3.05, 3.63) is 53.9 Å². The van der Waals surface area contributed by atoms with Gasteiger partial charge in [-0.25, -0.2) is 18.4 Å². The molecular formula is C31H32F2N4O4. The van der Waals surface area contributed by atoms with Gasteiger partial charge in [-0.3, -0.25) is 4.79 Å². The van der Waals surface area contributed by atoms with E-state index in [1.54, 1.807) is 6.07 Å². The fourth-order valence-electron chi connectivity index (χ4n) is 6.30. The van der Waals surface area contributed by atoms with E-state index >= 15 is 0 Å². The molecule has 0 bridgehead atoms. The average molecular weight is 563 g/mol. The van der Waals surface area contributed by atoms with Crippen LogP contribution in [-0.2, 0) is 14.3 Å². The van der Waals surface area contributed by atoms with Crippen LogP contribution in [0.3, 0.4) is 0 Å². The summed E-state index contributed by atoms with van der Waals surface area (Å²) in [6, 6.07) is 8.08. The van der Waals surface area contributed by atoms with E-state index in [1.165, 1.54) is 6.07 Å². The third kappa shape index (κ3) is 5.04. The number of ether oxygens (including phenoxy) is 3. The van der Waals surface area contributed by atoms with Crippen LogP contribution in [0.1, 0.15) is 56.4 Å². The van der Waals surface area contributed by atoms with Crippen LogP contribution < -0.4 is 10.1 Å². The molecule has 0 saturated carbocycles. The molecule has 1 amide bonds. The number of benzene rings is 2. The topological polar surface area (TPSA) is 87.5 Å². The van der Waals surface area contributed by atoms with Gasteiger partial charge in [0.2, 0.25) is 11.8 Å². The molecule has 10 heteroatoms. The van der Waals surface area contributed by atoms with Gasteiger partial charge in [-0.15, -0.1) is 0 Å². The SMILES string of the molecule is O=C1CC(COc2nc(C3CCOCC3)c(-c3ccc(F)c(F)c3)c3cc4cnn(C5CCCCO5)c4cc23)CN1. The van der Waals surface area contributed by atoms with Crippen LogP contribution in [0.25, 0.3) is 32.8 Å². The van der Waals surface area contributed by atoms with Gasteiger partial charge >= 0.3 is 0 Å². The first-order valence-corrected chi connectivity index (χ1v) is 14.4. The molecule has 0 spiro atoms. The molecule has 7 rings (SSSR count). The van der Waals surface area contributed by atoms with Gasteiger partial charge in [-0.2, -0.15) is 5.10 Å². The van der Waals surface area contributed by atoms with Crippen molar-refractivity contribution in [1.82, 2.24) is 20.1 Å². The van der Waals surface area contributed by atoms with E-state index in [0.29, 0.717) is 50.8 Å². The highest BCUT2D eigenvalue weighted by Crippen LogP contribution is 2.43. The Morgan fingerprint density at radius 2 is 1.90 bits per heavy atom. The molecule has 3 fully saturated rings. The number of nitrogens with one attached hydrogen (secondary N) is 1. The quantitative estimate of drug-likeness (QED) is 0.328. The van der Waals surface area contributed by atoms with E-state index < -0.39 is 11.6 Å². The molecule has 2 aromatic carbocycles. The second-order valence-corrected chi connectivity index (χ2v) is 11.2. The van der Waals surface area contributed by atoms with E-state index in [2.05, 4.69) is 10.4 Å². The first kappa shape index (κ1) is 26.3. The molecule has 214 valence electrons. The third-order valence-corrected chi connectivity index (χ3v) is 8.48. The Hall–Kier alpha value is -3.63. The van der Waals surface area contributed by atoms with Gasteiger partial charge in [-0.1, -0.05) is 6.07 Å². The zero-order valence-corrected chi connectivity index (χ0v) is 22.7. The average Bonchev–Trinajstić information content (AvgIpc) is 3.62. The lowest BCUT2D eigenvalue weighted by atomic mass is 9.87. The summed E-state index contributed by atoms with van der Waals surface area (Å²) in [7, 11) is 0. The van der Waals surface area contributed by atoms with E-state index in [9.17, 15) is 13.6 Å². The Morgan fingerprint density at radius 3 is 2.66 bits per heavy atom. The Balaban J connectivity index is 1.44. The fraction of sp³-hybridized carbons (Fsp3) is 0.452. The largest absolute Gasteiger partial charge is 0.477 e. The molecule has 3 aliphatic rings. The van der Waals surface area contributed by atoms with Crippen molar-refractivity contribution in [2.75, 3.05) is 33.0 Å². The lowest BCUT2D eigenvalue weighted by Crippen LogP contribution is -2.19. The normalized spacial score (nSPS) is 22.0. The third-order valence-electron chi connectivity index (χ3n) is 8.48. The minimum atomic E-state index is -0.907. The zero-order chi connectivity index (χ0) is 27.9. The number of hydrogen-bond acceptors (Lipinski definition) is 6. The second-order valence-electron chi connectivity index (χ2n) is 11.2. The van der Waals surface area contributed by atoms with Gasteiger partial charge in [0, 0.05) is 61.0 Å². The standard InChI is InChI=1S/C31H32F2N4O4/c32-24-5-4-20(13-25(24)33)29-22-12-21-16-35-37(28-3-1-2-8-40-28)26(21)14-23(22)31(41-17-18-11-27(38)34-15-18)36-30(29)19-6-9-39-10-7-19/h4-5,12-14,16,18-19,28H,1-3,6-11,15,17H2,(H,34,38). The number of carbonyl (C=O) groups is 1. The molecule has 2 unspecified atom stereocenters. The summed E-state index contributed by atoms with van der Waals surface area (Å²) in [4.78, 5) is 16.9. The number of nitrogens with zero attached hydrogens (tertiary/aromatic N) is 3. The highest BCUT2D eigenvalue weighted by Gasteiger charge is 2.28. The Labute approximate surface area is 236 Å². The van der Waals surface area contributed by atoms with Crippen molar-refractivity contribution in [1.29, 1.82) is 0 Å². The number of pyridine rings is 1. The summed E-state index contributed by atoms with van der Waals surface area (Å²) in [6.07, 6.45) is 6.58. The lowest BCUT2D eigenvalue weighted by molar-refractivity contribution is -0.119. The summed E-state index contributed by atoms with van der Waals surface area (Å²) in [5.74, 6) is -1.22. The molecule has 2 aromatic heterocycles.